The molecule has 1 aliphatic heterocycles. The van der Waals surface area contributed by atoms with Gasteiger partial charge in [0.1, 0.15) is 17.2 Å². The van der Waals surface area contributed by atoms with Crippen molar-refractivity contribution in [1.29, 1.82) is 0 Å². The quantitative estimate of drug-likeness (QED) is 0.708. The summed E-state index contributed by atoms with van der Waals surface area (Å²) in [4.78, 5) is 39.9. The summed E-state index contributed by atoms with van der Waals surface area (Å²) in [6.45, 7) is 5.45. The Morgan fingerprint density at radius 1 is 1.27 bits per heavy atom. The number of nitrogens with two attached hydrogens (primary N) is 1. The van der Waals surface area contributed by atoms with Crippen LogP contribution in [0.5, 0.6) is 0 Å². The second kappa shape index (κ2) is 8.93. The van der Waals surface area contributed by atoms with Gasteiger partial charge in [0, 0.05) is 26.7 Å². The number of halogens is 1. The van der Waals surface area contributed by atoms with Crippen molar-refractivity contribution in [2.75, 3.05) is 32.0 Å². The zero-order chi connectivity index (χ0) is 22.0. The van der Waals surface area contributed by atoms with Gasteiger partial charge in [0.15, 0.2) is 5.78 Å². The number of hydrogen-bond donors (Lipinski definition) is 1. The minimum absolute atomic E-state index is 0.0274. The summed E-state index contributed by atoms with van der Waals surface area (Å²) in [5.41, 5.74) is 5.52. The van der Waals surface area contributed by atoms with Crippen molar-refractivity contribution in [3.8, 4) is 0 Å². The van der Waals surface area contributed by atoms with E-state index in [0.717, 1.165) is 10.1 Å². The average Bonchev–Trinajstić information content (AvgIpc) is 2.70. The maximum Gasteiger partial charge on any atom is 0.332 e. The molecule has 0 amide bonds. The molecule has 30 heavy (non-hydrogen) atoms. The molecule has 162 valence electrons. The largest absolute Gasteiger partial charge is 0.384 e. The number of carbonyl (C=O) groups excluding carboxylic acids is 1. The summed E-state index contributed by atoms with van der Waals surface area (Å²) in [6.07, 6.45) is -0.303. The van der Waals surface area contributed by atoms with E-state index < -0.39 is 17.0 Å². The first kappa shape index (κ1) is 21.9. The van der Waals surface area contributed by atoms with Crippen LogP contribution in [0.4, 0.5) is 10.2 Å². The van der Waals surface area contributed by atoms with Crippen molar-refractivity contribution >= 4 is 11.6 Å². The standard InChI is InChI=1S/C21H27FN4O4/c1-13(2)10-26-19(23)18(20(28)24(3)21(26)29)16(27)11-25-8-9-30-17(12-25)14-4-6-15(22)7-5-14/h4-7,13,17H,8-12,23H2,1-3H3. The summed E-state index contributed by atoms with van der Waals surface area (Å²) >= 11 is 0. The fourth-order valence-corrected chi connectivity index (χ4v) is 3.59. The molecule has 2 heterocycles. The van der Waals surface area contributed by atoms with Crippen LogP contribution in [0.2, 0.25) is 0 Å². The predicted molar refractivity (Wildman–Crippen MR) is 111 cm³/mol. The number of aromatic nitrogens is 2. The Hall–Kier alpha value is -2.78. The number of rotatable bonds is 6. The molecule has 0 bridgehead atoms. The lowest BCUT2D eigenvalue weighted by Crippen LogP contribution is -2.46. The molecule has 1 unspecified atom stereocenters. The van der Waals surface area contributed by atoms with Crippen LogP contribution in [0.1, 0.15) is 35.9 Å². The zero-order valence-electron chi connectivity index (χ0n) is 17.4. The number of hydrogen-bond acceptors (Lipinski definition) is 6. The number of nitrogens with zero attached hydrogens (tertiary/aromatic N) is 3. The lowest BCUT2D eigenvalue weighted by molar-refractivity contribution is -0.0275. The highest BCUT2D eigenvalue weighted by Crippen LogP contribution is 2.22. The fourth-order valence-electron chi connectivity index (χ4n) is 3.59. The lowest BCUT2D eigenvalue weighted by Gasteiger charge is -2.32. The molecule has 2 aromatic rings. The maximum absolute atomic E-state index is 13.2. The van der Waals surface area contributed by atoms with Crippen molar-refractivity contribution in [2.45, 2.75) is 26.5 Å². The van der Waals surface area contributed by atoms with Gasteiger partial charge >= 0.3 is 5.69 Å². The molecule has 1 aliphatic rings. The van der Waals surface area contributed by atoms with Crippen molar-refractivity contribution in [3.63, 3.8) is 0 Å². The number of anilines is 1. The van der Waals surface area contributed by atoms with Gasteiger partial charge < -0.3 is 10.5 Å². The number of morpholine rings is 1. The molecule has 1 aromatic carbocycles. The monoisotopic (exact) mass is 418 g/mol. The second-order valence-corrected chi connectivity index (χ2v) is 7.98. The SMILES string of the molecule is CC(C)Cn1c(N)c(C(=O)CN2CCOC(c3ccc(F)cc3)C2)c(=O)n(C)c1=O. The normalized spacial score (nSPS) is 17.4. The highest BCUT2D eigenvalue weighted by molar-refractivity contribution is 6.01. The number of ketones is 1. The van der Waals surface area contributed by atoms with Crippen LogP contribution < -0.4 is 17.0 Å². The van der Waals surface area contributed by atoms with Crippen LogP contribution in [0.3, 0.4) is 0 Å². The maximum atomic E-state index is 13.2. The summed E-state index contributed by atoms with van der Waals surface area (Å²) in [5.74, 6) is -0.749. The summed E-state index contributed by atoms with van der Waals surface area (Å²) < 4.78 is 21.1. The minimum atomic E-state index is -0.689. The van der Waals surface area contributed by atoms with Crippen molar-refractivity contribution in [2.24, 2.45) is 13.0 Å². The van der Waals surface area contributed by atoms with Gasteiger partial charge in [0.05, 0.1) is 19.3 Å². The Morgan fingerprint density at radius 2 is 1.93 bits per heavy atom. The topological polar surface area (TPSA) is 99.6 Å². The number of ether oxygens (including phenoxy) is 1. The van der Waals surface area contributed by atoms with Crippen LogP contribution in [0.25, 0.3) is 0 Å². The number of nitrogen functional groups attached to an aromatic ring is 1. The Balaban J connectivity index is 1.83. The van der Waals surface area contributed by atoms with Gasteiger partial charge in [0.25, 0.3) is 5.56 Å². The van der Waals surface area contributed by atoms with E-state index in [1.54, 1.807) is 12.1 Å². The van der Waals surface area contributed by atoms with E-state index in [2.05, 4.69) is 0 Å². The molecule has 1 fully saturated rings. The molecule has 8 nitrogen and oxygen atoms in total. The van der Waals surface area contributed by atoms with Gasteiger partial charge in [-0.05, 0) is 23.6 Å². The summed E-state index contributed by atoms with van der Waals surface area (Å²) in [5, 5.41) is 0. The highest BCUT2D eigenvalue weighted by atomic mass is 19.1. The lowest BCUT2D eigenvalue weighted by atomic mass is 10.1. The first-order valence-corrected chi connectivity index (χ1v) is 9.91. The summed E-state index contributed by atoms with van der Waals surface area (Å²) in [6, 6.07) is 6.04. The van der Waals surface area contributed by atoms with Gasteiger partial charge in [-0.1, -0.05) is 26.0 Å². The molecule has 0 spiro atoms. The Bertz CT molecular complexity index is 1040. The van der Waals surface area contributed by atoms with Gasteiger partial charge in [-0.15, -0.1) is 0 Å². The van der Waals surface area contributed by atoms with Crippen molar-refractivity contribution in [1.82, 2.24) is 14.0 Å². The number of benzene rings is 1. The number of carbonyl (C=O) groups is 1. The molecular weight excluding hydrogens is 391 g/mol. The molecule has 1 saturated heterocycles. The molecule has 1 atom stereocenters. The Kier molecular flexibility index (Phi) is 6.52. The van der Waals surface area contributed by atoms with Crippen LogP contribution in [-0.2, 0) is 18.3 Å². The van der Waals surface area contributed by atoms with E-state index in [0.29, 0.717) is 26.2 Å². The van der Waals surface area contributed by atoms with E-state index in [1.807, 2.05) is 18.7 Å². The van der Waals surface area contributed by atoms with E-state index in [1.165, 1.54) is 23.7 Å². The van der Waals surface area contributed by atoms with Crippen LogP contribution in [0.15, 0.2) is 33.9 Å². The first-order chi connectivity index (χ1) is 14.2. The average molecular weight is 418 g/mol. The van der Waals surface area contributed by atoms with Gasteiger partial charge in [-0.2, -0.15) is 0 Å². The van der Waals surface area contributed by atoms with Crippen LogP contribution >= 0.6 is 0 Å². The van der Waals surface area contributed by atoms with Gasteiger partial charge in [-0.25, -0.2) is 9.18 Å². The smallest absolute Gasteiger partial charge is 0.332 e. The van der Waals surface area contributed by atoms with E-state index >= 15 is 0 Å². The van der Waals surface area contributed by atoms with E-state index in [4.69, 9.17) is 10.5 Å². The zero-order valence-corrected chi connectivity index (χ0v) is 17.4. The van der Waals surface area contributed by atoms with Crippen molar-refractivity contribution in [3.05, 3.63) is 62.0 Å². The molecule has 0 saturated carbocycles. The third-order valence-corrected chi connectivity index (χ3v) is 5.17. The molecule has 3 rings (SSSR count). The molecule has 0 aliphatic carbocycles. The third-order valence-electron chi connectivity index (χ3n) is 5.17. The summed E-state index contributed by atoms with van der Waals surface area (Å²) in [7, 11) is 1.34. The van der Waals surface area contributed by atoms with Crippen molar-refractivity contribution < 1.29 is 13.9 Å². The Morgan fingerprint density at radius 3 is 2.57 bits per heavy atom. The molecular formula is C21H27FN4O4. The van der Waals surface area contributed by atoms with E-state index in [9.17, 15) is 18.8 Å². The fraction of sp³-hybridized carbons (Fsp3) is 0.476. The first-order valence-electron chi connectivity index (χ1n) is 9.91. The van der Waals surface area contributed by atoms with Gasteiger partial charge in [-0.3, -0.25) is 23.6 Å². The molecule has 1 aromatic heterocycles. The number of Topliss-reactive ketones (excluding diaryl/α,β-unsaturated/α-hetero) is 1. The second-order valence-electron chi connectivity index (χ2n) is 7.98. The third kappa shape index (κ3) is 4.52. The van der Waals surface area contributed by atoms with Gasteiger partial charge in [0.2, 0.25) is 0 Å². The van der Waals surface area contributed by atoms with E-state index in [-0.39, 0.29) is 35.8 Å². The highest BCUT2D eigenvalue weighted by Gasteiger charge is 2.27. The predicted octanol–water partition coefficient (Wildman–Crippen LogP) is 1.18. The Labute approximate surface area is 173 Å². The molecule has 0 radical (unpaired) electrons. The van der Waals surface area contributed by atoms with Crippen LogP contribution in [-0.4, -0.2) is 46.1 Å². The molecule has 9 heteroatoms. The van der Waals surface area contributed by atoms with Crippen LogP contribution in [0, 0.1) is 11.7 Å². The minimum Gasteiger partial charge on any atom is -0.384 e. The molecule has 2 N–H and O–H groups in total.